The van der Waals surface area contributed by atoms with Gasteiger partial charge in [-0.15, -0.1) is 0 Å². The van der Waals surface area contributed by atoms with Gasteiger partial charge in [0.1, 0.15) is 0 Å². The number of Topliss-reactive ketones (excluding diaryl/α,β-unsaturated/α-hetero) is 1. The molecule has 3 aromatic rings. The van der Waals surface area contributed by atoms with Crippen LogP contribution < -0.4 is 0 Å². The number of carbonyl (C=O) groups excluding carboxylic acids is 1. The van der Waals surface area contributed by atoms with Crippen LogP contribution in [-0.2, 0) is 24.0 Å². The predicted octanol–water partition coefficient (Wildman–Crippen LogP) is 4.93. The largest absolute Gasteiger partial charge is 0.364 e. The minimum Gasteiger partial charge on any atom is -0.364 e. The maximum absolute atomic E-state index is 13.8. The van der Waals surface area contributed by atoms with E-state index in [0.717, 1.165) is 29.5 Å². The van der Waals surface area contributed by atoms with E-state index in [4.69, 9.17) is 4.74 Å². The van der Waals surface area contributed by atoms with Crippen molar-refractivity contribution in [2.45, 2.75) is 25.6 Å². The van der Waals surface area contributed by atoms with E-state index in [0.29, 0.717) is 12.0 Å². The number of hydrogen-bond donors (Lipinski definition) is 1. The van der Waals surface area contributed by atoms with Crippen molar-refractivity contribution in [1.82, 2.24) is 0 Å². The van der Waals surface area contributed by atoms with Gasteiger partial charge in [0.05, 0.1) is 5.41 Å². The zero-order chi connectivity index (χ0) is 20.7. The van der Waals surface area contributed by atoms with Crippen LogP contribution in [0.15, 0.2) is 78.4 Å². The number of ether oxygens (including phenoxy) is 1. The van der Waals surface area contributed by atoms with Crippen molar-refractivity contribution >= 4 is 11.9 Å². The molecular weight excluding hydrogens is 372 g/mol. The molecule has 3 heteroatoms. The second-order valence-electron chi connectivity index (χ2n) is 8.30. The molecule has 0 fully saturated rings. The van der Waals surface area contributed by atoms with Crippen LogP contribution in [0.25, 0.3) is 6.08 Å². The smallest absolute Gasteiger partial charge is 0.180 e. The molecule has 0 aromatic heterocycles. The fourth-order valence-electron chi connectivity index (χ4n) is 4.95. The van der Waals surface area contributed by atoms with Crippen molar-refractivity contribution in [1.29, 1.82) is 0 Å². The lowest BCUT2D eigenvalue weighted by molar-refractivity contribution is -0.0769. The number of aliphatic hydroxyl groups excluding tert-OH is 1. The van der Waals surface area contributed by atoms with Gasteiger partial charge in [-0.3, -0.25) is 4.79 Å². The minimum atomic E-state index is -0.933. The number of allylic oxidation sites excluding steroid dienone is 1. The second-order valence-corrected chi connectivity index (χ2v) is 8.30. The summed E-state index contributed by atoms with van der Waals surface area (Å²) in [6.45, 7) is 0. The average molecular weight is 396 g/mol. The number of methoxy groups -OCH3 is 1. The lowest BCUT2D eigenvalue weighted by atomic mass is 9.71. The van der Waals surface area contributed by atoms with Crippen LogP contribution in [0.4, 0.5) is 0 Å². The van der Waals surface area contributed by atoms with E-state index >= 15 is 0 Å². The van der Waals surface area contributed by atoms with Gasteiger partial charge in [0.15, 0.2) is 12.1 Å². The van der Waals surface area contributed by atoms with Crippen LogP contribution in [0, 0.1) is 5.41 Å². The average Bonchev–Trinajstić information content (AvgIpc) is 3.34. The van der Waals surface area contributed by atoms with Crippen molar-refractivity contribution in [2.75, 3.05) is 7.11 Å². The third-order valence-electron chi connectivity index (χ3n) is 6.56. The summed E-state index contributed by atoms with van der Waals surface area (Å²) in [4.78, 5) is 13.8. The van der Waals surface area contributed by atoms with Gasteiger partial charge in [0, 0.05) is 18.2 Å². The quantitative estimate of drug-likeness (QED) is 0.622. The van der Waals surface area contributed by atoms with Crippen LogP contribution in [0.3, 0.4) is 0 Å². The first kappa shape index (κ1) is 19.0. The SMILES string of the molecule is COC(O)c1ccc(CC2(C3=Cc4ccccc4C3)Cc3ccccc3C2=O)cc1. The van der Waals surface area contributed by atoms with E-state index in [9.17, 15) is 9.90 Å². The highest BCUT2D eigenvalue weighted by molar-refractivity contribution is 6.08. The van der Waals surface area contributed by atoms with Crippen LogP contribution in [0.2, 0.25) is 0 Å². The van der Waals surface area contributed by atoms with E-state index in [-0.39, 0.29) is 5.78 Å². The lowest BCUT2D eigenvalue weighted by Gasteiger charge is -2.30. The molecule has 0 radical (unpaired) electrons. The first-order chi connectivity index (χ1) is 14.6. The molecule has 0 aliphatic heterocycles. The van der Waals surface area contributed by atoms with E-state index in [1.54, 1.807) is 0 Å². The van der Waals surface area contributed by atoms with E-state index in [2.05, 4.69) is 36.4 Å². The maximum Gasteiger partial charge on any atom is 0.180 e. The van der Waals surface area contributed by atoms with Gasteiger partial charge >= 0.3 is 0 Å². The van der Waals surface area contributed by atoms with Crippen molar-refractivity contribution in [3.05, 3.63) is 112 Å². The summed E-state index contributed by atoms with van der Waals surface area (Å²) in [6, 6.07) is 24.1. The second kappa shape index (κ2) is 7.35. The van der Waals surface area contributed by atoms with Gasteiger partial charge in [-0.2, -0.15) is 0 Å². The molecule has 2 atom stereocenters. The highest BCUT2D eigenvalue weighted by atomic mass is 16.6. The fraction of sp³-hybridized carbons (Fsp3) is 0.222. The summed E-state index contributed by atoms with van der Waals surface area (Å²) in [5, 5.41) is 9.90. The van der Waals surface area contributed by atoms with Crippen molar-refractivity contribution in [2.24, 2.45) is 5.41 Å². The summed E-state index contributed by atoms with van der Waals surface area (Å²) in [5.41, 5.74) is 6.91. The van der Waals surface area contributed by atoms with Gasteiger partial charge < -0.3 is 9.84 Å². The number of carbonyl (C=O) groups is 1. The molecule has 30 heavy (non-hydrogen) atoms. The summed E-state index contributed by atoms with van der Waals surface area (Å²) in [5.74, 6) is 0.221. The highest BCUT2D eigenvalue weighted by Crippen LogP contribution is 2.48. The first-order valence-corrected chi connectivity index (χ1v) is 10.3. The summed E-state index contributed by atoms with van der Waals surface area (Å²) >= 11 is 0. The van der Waals surface area contributed by atoms with Crippen LogP contribution in [-0.4, -0.2) is 18.0 Å². The number of fused-ring (bicyclic) bond motifs is 2. The highest BCUT2D eigenvalue weighted by Gasteiger charge is 2.48. The van der Waals surface area contributed by atoms with Gasteiger partial charge in [-0.1, -0.05) is 84.4 Å². The molecule has 1 N–H and O–H groups in total. The summed E-state index contributed by atoms with van der Waals surface area (Å²) in [6.07, 6.45) is 3.48. The minimum absolute atomic E-state index is 0.221. The number of ketones is 1. The Balaban J connectivity index is 1.55. The molecule has 2 aliphatic carbocycles. The molecular formula is C27H24O3. The van der Waals surface area contributed by atoms with Crippen LogP contribution in [0.5, 0.6) is 0 Å². The molecule has 0 heterocycles. The Morgan fingerprint density at radius 2 is 1.67 bits per heavy atom. The maximum atomic E-state index is 13.8. The number of aliphatic hydroxyl groups is 1. The normalized spacial score (nSPS) is 20.6. The van der Waals surface area contributed by atoms with Gasteiger partial charge in [0.2, 0.25) is 0 Å². The molecule has 3 aromatic carbocycles. The van der Waals surface area contributed by atoms with Crippen molar-refractivity contribution < 1.29 is 14.6 Å². The Hall–Kier alpha value is -3.01. The number of hydrogen-bond acceptors (Lipinski definition) is 3. The molecule has 0 saturated carbocycles. The molecule has 0 amide bonds. The molecule has 2 aliphatic rings. The molecule has 150 valence electrons. The molecule has 0 bridgehead atoms. The van der Waals surface area contributed by atoms with E-state index in [1.807, 2.05) is 42.5 Å². The lowest BCUT2D eigenvalue weighted by Crippen LogP contribution is -2.33. The predicted molar refractivity (Wildman–Crippen MR) is 117 cm³/mol. The number of benzene rings is 3. The first-order valence-electron chi connectivity index (χ1n) is 10.3. The van der Waals surface area contributed by atoms with Crippen molar-refractivity contribution in [3.8, 4) is 0 Å². The Labute approximate surface area is 176 Å². The Bertz CT molecular complexity index is 1140. The van der Waals surface area contributed by atoms with Gasteiger partial charge in [-0.25, -0.2) is 0 Å². The zero-order valence-electron chi connectivity index (χ0n) is 17.0. The molecule has 0 spiro atoms. The zero-order valence-corrected chi connectivity index (χ0v) is 17.0. The molecule has 0 saturated heterocycles. The Kier molecular flexibility index (Phi) is 4.65. The molecule has 3 nitrogen and oxygen atoms in total. The van der Waals surface area contributed by atoms with E-state index < -0.39 is 11.7 Å². The van der Waals surface area contributed by atoms with Crippen LogP contribution in [0.1, 0.15) is 44.5 Å². The Morgan fingerprint density at radius 1 is 0.967 bits per heavy atom. The third-order valence-corrected chi connectivity index (χ3v) is 6.56. The monoisotopic (exact) mass is 396 g/mol. The van der Waals surface area contributed by atoms with Crippen LogP contribution >= 0.6 is 0 Å². The summed E-state index contributed by atoms with van der Waals surface area (Å²) < 4.78 is 5.00. The summed E-state index contributed by atoms with van der Waals surface area (Å²) in [7, 11) is 1.48. The van der Waals surface area contributed by atoms with Crippen molar-refractivity contribution in [3.63, 3.8) is 0 Å². The van der Waals surface area contributed by atoms with Gasteiger partial charge in [0.25, 0.3) is 0 Å². The molecule has 5 rings (SSSR count). The third kappa shape index (κ3) is 3.02. The molecule has 2 unspecified atom stereocenters. The Morgan fingerprint density at radius 3 is 2.37 bits per heavy atom. The fourth-order valence-corrected chi connectivity index (χ4v) is 4.95. The number of rotatable bonds is 5. The topological polar surface area (TPSA) is 46.5 Å². The van der Waals surface area contributed by atoms with E-state index in [1.165, 1.54) is 23.8 Å². The standard InChI is InChI=1S/C27H24O3/c1-30-26(29)19-12-10-18(11-13-19)16-27(17-22-8-4-5-9-24(22)25(27)28)23-14-20-6-2-3-7-21(20)15-23/h2-14,26,29H,15-17H2,1H3. The van der Waals surface area contributed by atoms with Gasteiger partial charge in [-0.05, 0) is 41.5 Å².